The first-order valence-electron chi connectivity index (χ1n) is 4.74. The molecule has 0 saturated heterocycles. The van der Waals surface area contributed by atoms with Crippen molar-refractivity contribution in [1.29, 1.82) is 0 Å². The maximum Gasteiger partial charge on any atom is 0.255 e. The van der Waals surface area contributed by atoms with Gasteiger partial charge in [-0.25, -0.2) is 13.8 Å². The van der Waals surface area contributed by atoms with Crippen LogP contribution in [-0.2, 0) is 0 Å². The Labute approximate surface area is 111 Å². The average molecular weight is 331 g/mol. The van der Waals surface area contributed by atoms with E-state index < -0.39 is 13.0 Å². The lowest BCUT2D eigenvalue weighted by atomic mass is 10.5. The zero-order valence-electron chi connectivity index (χ0n) is 9.04. The molecule has 0 atom stereocenters. The van der Waals surface area contributed by atoms with E-state index in [9.17, 15) is 8.78 Å². The van der Waals surface area contributed by atoms with Crippen molar-refractivity contribution < 1.29 is 13.5 Å². The lowest BCUT2D eigenvalue weighted by Crippen LogP contribution is -2.32. The van der Waals surface area contributed by atoms with Crippen LogP contribution in [0.1, 0.15) is 0 Å². The molecule has 0 aliphatic carbocycles. The van der Waals surface area contributed by atoms with Gasteiger partial charge in [-0.2, -0.15) is 4.98 Å². The highest BCUT2D eigenvalue weighted by atomic mass is 79.9. The maximum absolute atomic E-state index is 12.4. The Kier molecular flexibility index (Phi) is 5.84. The molecular weight excluding hydrogens is 319 g/mol. The number of ether oxygens (including phenoxy) is 1. The third kappa shape index (κ3) is 4.23. The maximum atomic E-state index is 12.4. The zero-order valence-corrected chi connectivity index (χ0v) is 11.4. The summed E-state index contributed by atoms with van der Waals surface area (Å²) in [5.41, 5.74) is 0. The van der Waals surface area contributed by atoms with Gasteiger partial charge in [0.15, 0.2) is 0 Å². The van der Waals surface area contributed by atoms with Crippen molar-refractivity contribution in [2.45, 2.75) is 6.43 Å². The van der Waals surface area contributed by atoms with Crippen molar-refractivity contribution in [3.63, 3.8) is 0 Å². The SMILES string of the molecule is COc1nc(N(CCCl)CC(F)F)ncc1Br. The number of anilines is 1. The van der Waals surface area contributed by atoms with E-state index in [2.05, 4.69) is 25.9 Å². The van der Waals surface area contributed by atoms with Gasteiger partial charge in [0.05, 0.1) is 24.3 Å². The molecule has 0 aromatic carbocycles. The van der Waals surface area contributed by atoms with E-state index in [-0.39, 0.29) is 18.4 Å². The summed E-state index contributed by atoms with van der Waals surface area (Å²) in [7, 11) is 1.44. The molecule has 0 bridgehead atoms. The predicted octanol–water partition coefficient (Wildman–Crippen LogP) is 2.56. The Hall–Kier alpha value is -0.690. The second-order valence-corrected chi connectivity index (χ2v) is 4.29. The van der Waals surface area contributed by atoms with Gasteiger partial charge in [-0.15, -0.1) is 11.6 Å². The number of halogens is 4. The Morgan fingerprint density at radius 1 is 1.59 bits per heavy atom. The molecule has 0 amide bonds. The molecule has 0 radical (unpaired) electrons. The van der Waals surface area contributed by atoms with Crippen LogP contribution in [0, 0.1) is 0 Å². The largest absolute Gasteiger partial charge is 0.480 e. The van der Waals surface area contributed by atoms with Crippen LogP contribution in [0.25, 0.3) is 0 Å². The van der Waals surface area contributed by atoms with E-state index in [1.54, 1.807) is 0 Å². The van der Waals surface area contributed by atoms with E-state index in [1.807, 2.05) is 0 Å². The third-order valence-corrected chi connectivity index (χ3v) is 2.60. The number of alkyl halides is 3. The van der Waals surface area contributed by atoms with Crippen LogP contribution < -0.4 is 9.64 Å². The molecule has 96 valence electrons. The van der Waals surface area contributed by atoms with Crippen molar-refractivity contribution >= 4 is 33.5 Å². The van der Waals surface area contributed by atoms with Gasteiger partial charge in [-0.05, 0) is 15.9 Å². The normalized spacial score (nSPS) is 10.7. The van der Waals surface area contributed by atoms with E-state index in [0.717, 1.165) is 0 Å². The van der Waals surface area contributed by atoms with Crippen molar-refractivity contribution in [2.75, 3.05) is 31.0 Å². The minimum absolute atomic E-state index is 0.172. The van der Waals surface area contributed by atoms with Crippen LogP contribution in [0.3, 0.4) is 0 Å². The molecular formula is C9H11BrClF2N3O. The first-order valence-corrected chi connectivity index (χ1v) is 6.06. The van der Waals surface area contributed by atoms with Crippen LogP contribution in [-0.4, -0.2) is 42.5 Å². The predicted molar refractivity (Wildman–Crippen MR) is 65.2 cm³/mol. The van der Waals surface area contributed by atoms with Crippen LogP contribution in [0.4, 0.5) is 14.7 Å². The number of nitrogens with zero attached hydrogens (tertiary/aromatic N) is 3. The van der Waals surface area contributed by atoms with Gasteiger partial charge in [-0.3, -0.25) is 0 Å². The Balaban J connectivity index is 2.92. The van der Waals surface area contributed by atoms with Gasteiger partial charge in [-0.1, -0.05) is 0 Å². The summed E-state index contributed by atoms with van der Waals surface area (Å²) in [4.78, 5) is 9.28. The van der Waals surface area contributed by atoms with E-state index >= 15 is 0 Å². The summed E-state index contributed by atoms with van der Waals surface area (Å²) in [6.07, 6.45) is -1.02. The van der Waals surface area contributed by atoms with Crippen LogP contribution in [0.15, 0.2) is 10.7 Å². The Bertz CT molecular complexity index is 370. The molecule has 0 aliphatic heterocycles. The number of hydrogen-bond acceptors (Lipinski definition) is 4. The number of aromatic nitrogens is 2. The third-order valence-electron chi connectivity index (χ3n) is 1.89. The van der Waals surface area contributed by atoms with Gasteiger partial charge < -0.3 is 9.64 Å². The number of rotatable bonds is 6. The number of methoxy groups -OCH3 is 1. The first-order chi connectivity index (χ1) is 8.08. The van der Waals surface area contributed by atoms with E-state index in [1.165, 1.54) is 18.2 Å². The minimum Gasteiger partial charge on any atom is -0.480 e. The molecule has 0 N–H and O–H groups in total. The topological polar surface area (TPSA) is 38.2 Å². The standard InChI is InChI=1S/C9H11BrClF2N3O/c1-17-8-6(10)4-14-9(15-8)16(3-2-11)5-7(12)13/h4,7H,2-3,5H2,1H3. The quantitative estimate of drug-likeness (QED) is 0.752. The lowest BCUT2D eigenvalue weighted by Gasteiger charge is -2.21. The van der Waals surface area contributed by atoms with Gasteiger partial charge >= 0.3 is 0 Å². The molecule has 8 heteroatoms. The van der Waals surface area contributed by atoms with Crippen molar-refractivity contribution in [3.05, 3.63) is 10.7 Å². The summed E-state index contributed by atoms with van der Waals surface area (Å²) in [5, 5.41) is 0. The summed E-state index contributed by atoms with van der Waals surface area (Å²) in [6.45, 7) is -0.214. The first kappa shape index (κ1) is 14.4. The van der Waals surface area contributed by atoms with Crippen molar-refractivity contribution in [1.82, 2.24) is 9.97 Å². The monoisotopic (exact) mass is 329 g/mol. The average Bonchev–Trinajstić information content (AvgIpc) is 2.28. The number of hydrogen-bond donors (Lipinski definition) is 0. The Morgan fingerprint density at radius 3 is 2.82 bits per heavy atom. The van der Waals surface area contributed by atoms with Gasteiger partial charge in [0, 0.05) is 12.4 Å². The molecule has 0 unspecified atom stereocenters. The zero-order chi connectivity index (χ0) is 12.8. The molecule has 1 heterocycles. The molecule has 4 nitrogen and oxygen atoms in total. The van der Waals surface area contributed by atoms with Crippen LogP contribution in [0.5, 0.6) is 5.88 Å². The molecule has 17 heavy (non-hydrogen) atoms. The van der Waals surface area contributed by atoms with Crippen molar-refractivity contribution in [2.24, 2.45) is 0 Å². The van der Waals surface area contributed by atoms with Gasteiger partial charge in [0.25, 0.3) is 6.43 Å². The molecule has 0 spiro atoms. The van der Waals surface area contributed by atoms with Gasteiger partial charge in [0.1, 0.15) is 0 Å². The molecule has 0 saturated carbocycles. The lowest BCUT2D eigenvalue weighted by molar-refractivity contribution is 0.154. The fraction of sp³-hybridized carbons (Fsp3) is 0.556. The second-order valence-electron chi connectivity index (χ2n) is 3.05. The summed E-state index contributed by atoms with van der Waals surface area (Å²) >= 11 is 8.74. The summed E-state index contributed by atoms with van der Waals surface area (Å²) in [5.74, 6) is 0.684. The minimum atomic E-state index is -2.48. The highest BCUT2D eigenvalue weighted by Gasteiger charge is 2.16. The molecule has 1 aromatic rings. The van der Waals surface area contributed by atoms with E-state index in [4.69, 9.17) is 16.3 Å². The Morgan fingerprint density at radius 2 is 2.29 bits per heavy atom. The van der Waals surface area contributed by atoms with Gasteiger partial charge in [0.2, 0.25) is 11.8 Å². The molecule has 0 fully saturated rings. The summed E-state index contributed by atoms with van der Waals surface area (Å²) < 4.78 is 30.3. The smallest absolute Gasteiger partial charge is 0.255 e. The molecule has 1 aromatic heterocycles. The highest BCUT2D eigenvalue weighted by Crippen LogP contribution is 2.23. The molecule has 0 aliphatic rings. The fourth-order valence-electron chi connectivity index (χ4n) is 1.18. The van der Waals surface area contributed by atoms with Crippen molar-refractivity contribution in [3.8, 4) is 5.88 Å². The summed E-state index contributed by atoms with van der Waals surface area (Å²) in [6, 6.07) is 0. The van der Waals surface area contributed by atoms with Crippen LogP contribution in [0.2, 0.25) is 0 Å². The second kappa shape index (κ2) is 6.90. The highest BCUT2D eigenvalue weighted by molar-refractivity contribution is 9.10. The molecule has 1 rings (SSSR count). The van der Waals surface area contributed by atoms with Crippen LogP contribution >= 0.6 is 27.5 Å². The van der Waals surface area contributed by atoms with E-state index in [0.29, 0.717) is 10.4 Å². The fourth-order valence-corrected chi connectivity index (χ4v) is 1.74.